The summed E-state index contributed by atoms with van der Waals surface area (Å²) >= 11 is 8.59. The third-order valence-corrected chi connectivity index (χ3v) is 11.2. The maximum atomic E-state index is 13.5. The first-order chi connectivity index (χ1) is 24.1. The number of rotatable bonds is 14. The van der Waals surface area contributed by atoms with Crippen LogP contribution in [0.5, 0.6) is 11.5 Å². The number of nitrogens with two attached hydrogens (primary N) is 1. The van der Waals surface area contributed by atoms with Gasteiger partial charge in [0.1, 0.15) is 29.4 Å². The van der Waals surface area contributed by atoms with Gasteiger partial charge < -0.3 is 45.7 Å². The molecule has 2 atom stereocenters. The number of fused-ring (bicyclic) bond motifs is 1. The van der Waals surface area contributed by atoms with Gasteiger partial charge >= 0.3 is 11.9 Å². The first-order valence-corrected chi connectivity index (χ1v) is 18.0. The minimum absolute atomic E-state index is 0.00577. The minimum atomic E-state index is -1.79. The van der Waals surface area contributed by atoms with E-state index in [1.54, 1.807) is 0 Å². The number of methoxy groups -OCH3 is 1. The molecular formula is C31H37ClN7O10S2+. The van der Waals surface area contributed by atoms with Crippen molar-refractivity contribution >= 4 is 75.2 Å². The SMILES string of the molecule is COc1c(O)ccc(C(=O)NCC[N+]2(CC3=C(C(=O)O)N4C(=O)[C@@H](NC(=O)/C(=N/OC(C)(C)C(=O)O)c5csc(N)n5)[C@H]4SC3)CCCC2)c1Cl. The number of carbonyl (C=O) groups excluding carboxylic acids is 3. The molecule has 0 spiro atoms. The predicted octanol–water partition coefficient (Wildman–Crippen LogP) is 1.46. The zero-order valence-corrected chi connectivity index (χ0v) is 30.2. The normalized spacial score (nSPS) is 20.0. The molecule has 5 rings (SSSR count). The number of hydrogen-bond donors (Lipinski definition) is 6. The highest BCUT2D eigenvalue weighted by molar-refractivity contribution is 8.00. The maximum absolute atomic E-state index is 13.5. The number of amides is 3. The second-order valence-corrected chi connectivity index (χ2v) is 15.0. The first kappa shape index (κ1) is 37.7. The summed E-state index contributed by atoms with van der Waals surface area (Å²) in [7, 11) is 1.33. The van der Waals surface area contributed by atoms with E-state index in [-0.39, 0.29) is 50.9 Å². The van der Waals surface area contributed by atoms with E-state index in [4.69, 9.17) is 26.9 Å². The smallest absolute Gasteiger partial charge is 0.352 e. The molecule has 17 nitrogen and oxygen atoms in total. The molecule has 0 unspecified atom stereocenters. The molecule has 2 aromatic rings. The molecule has 51 heavy (non-hydrogen) atoms. The van der Waals surface area contributed by atoms with Crippen LogP contribution in [0.3, 0.4) is 0 Å². The molecule has 4 heterocycles. The number of oxime groups is 1. The number of nitrogens with one attached hydrogen (secondary N) is 2. The second kappa shape index (κ2) is 14.9. The molecule has 7 N–H and O–H groups in total. The molecule has 3 amide bonds. The molecule has 2 fully saturated rings. The number of aromatic hydroxyl groups is 1. The number of anilines is 1. The highest BCUT2D eigenvalue weighted by atomic mass is 35.5. The van der Waals surface area contributed by atoms with Crippen LogP contribution in [-0.2, 0) is 24.0 Å². The lowest BCUT2D eigenvalue weighted by Gasteiger charge is -2.50. The summed E-state index contributed by atoms with van der Waals surface area (Å²) in [5.74, 6) is -4.53. The van der Waals surface area contributed by atoms with Gasteiger partial charge in [0.25, 0.3) is 17.7 Å². The monoisotopic (exact) mass is 766 g/mol. The Bertz CT molecular complexity index is 1820. The van der Waals surface area contributed by atoms with Crippen molar-refractivity contribution in [2.75, 3.05) is 51.3 Å². The third-order valence-electron chi connectivity index (χ3n) is 8.83. The Morgan fingerprint density at radius 1 is 1.22 bits per heavy atom. The topological polar surface area (TPSA) is 243 Å². The highest BCUT2D eigenvalue weighted by Gasteiger charge is 2.55. The molecule has 0 aliphatic carbocycles. The summed E-state index contributed by atoms with van der Waals surface area (Å²) in [6.07, 6.45) is 1.80. The summed E-state index contributed by atoms with van der Waals surface area (Å²) in [4.78, 5) is 74.4. The largest absolute Gasteiger partial charge is 0.504 e. The van der Waals surface area contributed by atoms with Gasteiger partial charge in [-0.25, -0.2) is 14.6 Å². The van der Waals surface area contributed by atoms with Crippen molar-refractivity contribution in [1.82, 2.24) is 20.5 Å². The van der Waals surface area contributed by atoms with Crippen molar-refractivity contribution in [3.8, 4) is 11.5 Å². The Morgan fingerprint density at radius 2 is 1.92 bits per heavy atom. The van der Waals surface area contributed by atoms with E-state index in [0.717, 1.165) is 37.3 Å². The molecule has 1 aromatic carbocycles. The summed E-state index contributed by atoms with van der Waals surface area (Å²) in [6, 6.07) is 1.60. The summed E-state index contributed by atoms with van der Waals surface area (Å²) in [6.45, 7) is 5.04. The molecule has 274 valence electrons. The fraction of sp³-hybridized carbons (Fsp3) is 0.452. The second-order valence-electron chi connectivity index (χ2n) is 12.6. The van der Waals surface area contributed by atoms with Crippen LogP contribution in [0, 0.1) is 0 Å². The Balaban J connectivity index is 1.29. The molecule has 0 radical (unpaired) electrons. The van der Waals surface area contributed by atoms with Gasteiger partial charge in [-0.2, -0.15) is 0 Å². The summed E-state index contributed by atoms with van der Waals surface area (Å²) < 4.78 is 5.59. The average Bonchev–Trinajstić information content (AvgIpc) is 3.72. The van der Waals surface area contributed by atoms with Crippen LogP contribution in [0.25, 0.3) is 0 Å². The Hall–Kier alpha value is -4.59. The number of phenolic OH excluding ortho intramolecular Hbond substituents is 1. The summed E-state index contributed by atoms with van der Waals surface area (Å²) in [5.41, 5.74) is 4.09. The number of nitrogen functional groups attached to an aromatic ring is 1. The van der Waals surface area contributed by atoms with Crippen LogP contribution in [0.2, 0.25) is 5.02 Å². The molecule has 0 saturated carbocycles. The fourth-order valence-electron chi connectivity index (χ4n) is 6.10. The number of thioether (sulfide) groups is 1. The van der Waals surface area contributed by atoms with E-state index in [1.165, 1.54) is 55.1 Å². The Kier molecular flexibility index (Phi) is 11.0. The number of nitrogens with zero attached hydrogens (tertiary/aromatic N) is 4. The predicted molar refractivity (Wildman–Crippen MR) is 187 cm³/mol. The number of carboxylic acids is 2. The minimum Gasteiger partial charge on any atom is -0.504 e. The number of halogens is 1. The molecule has 0 bridgehead atoms. The fourth-order valence-corrected chi connectivity index (χ4v) is 8.31. The number of aromatic nitrogens is 1. The van der Waals surface area contributed by atoms with Crippen LogP contribution >= 0.6 is 34.7 Å². The number of phenols is 1. The number of aliphatic carboxylic acids is 2. The van der Waals surface area contributed by atoms with Gasteiger partial charge in [-0.3, -0.25) is 19.3 Å². The number of β-lactam (4-membered cyclic amide) rings is 1. The number of carbonyl (C=O) groups is 5. The number of ether oxygens (including phenoxy) is 1. The van der Waals surface area contributed by atoms with Crippen LogP contribution in [0.4, 0.5) is 5.13 Å². The third kappa shape index (κ3) is 7.70. The van der Waals surface area contributed by atoms with Crippen LogP contribution in [0.1, 0.15) is 42.7 Å². The van der Waals surface area contributed by atoms with E-state index in [2.05, 4.69) is 20.8 Å². The van der Waals surface area contributed by atoms with Crippen molar-refractivity contribution in [3.05, 3.63) is 45.1 Å². The molecule has 3 aliphatic rings. The quantitative estimate of drug-likeness (QED) is 0.0692. The number of quaternary nitrogens is 1. The molecule has 20 heteroatoms. The highest BCUT2D eigenvalue weighted by Crippen LogP contribution is 2.42. The van der Waals surface area contributed by atoms with Crippen molar-refractivity contribution in [2.45, 2.75) is 43.7 Å². The van der Waals surface area contributed by atoms with Crippen molar-refractivity contribution < 1.29 is 53.3 Å². The van der Waals surface area contributed by atoms with Crippen LogP contribution < -0.4 is 21.1 Å². The van der Waals surface area contributed by atoms with E-state index >= 15 is 0 Å². The molecular weight excluding hydrogens is 730 g/mol. The lowest BCUT2D eigenvalue weighted by molar-refractivity contribution is -0.911. The van der Waals surface area contributed by atoms with Gasteiger partial charge in [-0.05, 0) is 26.0 Å². The van der Waals surface area contributed by atoms with Gasteiger partial charge in [0.05, 0.1) is 43.9 Å². The van der Waals surface area contributed by atoms with Gasteiger partial charge in [-0.1, -0.05) is 16.8 Å². The zero-order chi connectivity index (χ0) is 37.2. The van der Waals surface area contributed by atoms with Gasteiger partial charge in [0.15, 0.2) is 22.3 Å². The van der Waals surface area contributed by atoms with E-state index in [0.29, 0.717) is 23.1 Å². The number of carboxylic acid groups (broad SMARTS) is 2. The average molecular weight is 767 g/mol. The Morgan fingerprint density at radius 3 is 2.53 bits per heavy atom. The molecule has 3 aliphatic heterocycles. The summed E-state index contributed by atoms with van der Waals surface area (Å²) in [5, 5.41) is 39.6. The zero-order valence-electron chi connectivity index (χ0n) is 27.8. The molecule has 1 aromatic heterocycles. The van der Waals surface area contributed by atoms with Crippen molar-refractivity contribution in [1.29, 1.82) is 0 Å². The number of likely N-dealkylation sites (tertiary alicyclic amines) is 1. The van der Waals surface area contributed by atoms with Gasteiger partial charge in [0, 0.05) is 29.5 Å². The maximum Gasteiger partial charge on any atom is 0.352 e. The lowest BCUT2D eigenvalue weighted by Crippen LogP contribution is -2.71. The van der Waals surface area contributed by atoms with Crippen molar-refractivity contribution in [2.24, 2.45) is 5.16 Å². The van der Waals surface area contributed by atoms with E-state index in [1.807, 2.05) is 0 Å². The number of hydrogen-bond acceptors (Lipinski definition) is 13. The molecule has 2 saturated heterocycles. The Labute approximate surface area is 305 Å². The van der Waals surface area contributed by atoms with Crippen LogP contribution in [0.15, 0.2) is 33.9 Å². The van der Waals surface area contributed by atoms with E-state index < -0.39 is 52.4 Å². The number of thiazole rings is 1. The number of benzene rings is 1. The lowest BCUT2D eigenvalue weighted by atomic mass is 10.0. The van der Waals surface area contributed by atoms with Crippen molar-refractivity contribution in [3.63, 3.8) is 0 Å². The van der Waals surface area contributed by atoms with E-state index in [9.17, 15) is 39.3 Å². The van der Waals surface area contributed by atoms with Gasteiger partial charge in [-0.15, -0.1) is 23.1 Å². The van der Waals surface area contributed by atoms with Crippen LogP contribution in [-0.4, -0.2) is 128 Å². The van der Waals surface area contributed by atoms with Gasteiger partial charge in [0.2, 0.25) is 5.60 Å². The standard InChI is InChI=1S/C31H36ClN7O10S2/c1-31(2,29(46)47)49-37-20(17-14-51-30(33)35-17)25(42)36-21-26(43)38-22(28(44)45)15(13-50-27(21)38)12-39(9-4-5-10-39)11-8-34-24(41)16-6-7-18(40)23(48-3)19(16)32/h6-7,14,21,27H,4-5,8-13H2,1-3H3,(H6-,33,34,35,36,40,41,42,44,45,46,47)/p+1/b37-20+/t21-,27-/m1/s1. The first-order valence-electron chi connectivity index (χ1n) is 15.7.